The Balaban J connectivity index is 1.44. The van der Waals surface area contributed by atoms with Gasteiger partial charge >= 0.3 is 0 Å². The summed E-state index contributed by atoms with van der Waals surface area (Å²) in [7, 11) is -2.53. The molecule has 0 saturated heterocycles. The number of fused-ring (bicyclic) bond motifs is 1. The fourth-order valence-electron chi connectivity index (χ4n) is 4.89. The lowest BCUT2D eigenvalue weighted by Crippen LogP contribution is -2.10. The van der Waals surface area contributed by atoms with E-state index < -0.39 is 10.1 Å². The standard InChI is InChI=1S/C32H47N3O4S2/c1-4-5-6-7-8-9-10-11-12-13-14-15-16-19-24-39-29-23-22-27(25-31(29)41(36,37)38)26(2)33-34-32-35(3)28-20-17-18-21-30(28)40-32/h17-18,20-23,25H,4-16,19,24H2,1-3H3,(H,36,37,38)/b33-26+,34-32+. The summed E-state index contributed by atoms with van der Waals surface area (Å²) in [5.74, 6) is 0.159. The average molecular weight is 602 g/mol. The molecule has 0 spiro atoms. The summed E-state index contributed by atoms with van der Waals surface area (Å²) in [6, 6.07) is 12.7. The monoisotopic (exact) mass is 601 g/mol. The molecule has 0 aliphatic carbocycles. The van der Waals surface area contributed by atoms with Gasteiger partial charge in [0, 0.05) is 7.05 Å². The van der Waals surface area contributed by atoms with E-state index in [0.29, 0.717) is 17.9 Å². The third kappa shape index (κ3) is 11.0. The number of hydrogen-bond acceptors (Lipinski definition) is 6. The minimum absolute atomic E-state index is 0.159. The van der Waals surface area contributed by atoms with E-state index in [9.17, 15) is 13.0 Å². The van der Waals surface area contributed by atoms with Crippen LogP contribution in [0.1, 0.15) is 109 Å². The van der Waals surface area contributed by atoms with Crippen LogP contribution in [0.25, 0.3) is 10.2 Å². The van der Waals surface area contributed by atoms with Gasteiger partial charge in [0.15, 0.2) is 0 Å². The molecule has 1 N–H and O–H groups in total. The minimum atomic E-state index is -4.46. The van der Waals surface area contributed by atoms with Crippen LogP contribution in [-0.2, 0) is 17.2 Å². The van der Waals surface area contributed by atoms with Crippen molar-refractivity contribution in [3.05, 3.63) is 52.8 Å². The van der Waals surface area contributed by atoms with Crippen molar-refractivity contribution in [1.82, 2.24) is 4.57 Å². The summed E-state index contributed by atoms with van der Waals surface area (Å²) in [5.41, 5.74) is 2.15. The van der Waals surface area contributed by atoms with E-state index in [0.717, 1.165) is 34.3 Å². The van der Waals surface area contributed by atoms with Crippen LogP contribution in [0.3, 0.4) is 0 Å². The van der Waals surface area contributed by atoms with E-state index in [1.54, 1.807) is 19.1 Å². The Hall–Kier alpha value is -2.49. The molecule has 9 heteroatoms. The number of benzene rings is 2. The first-order valence-corrected chi connectivity index (χ1v) is 17.4. The van der Waals surface area contributed by atoms with Gasteiger partial charge in [0.05, 0.1) is 22.5 Å². The van der Waals surface area contributed by atoms with Gasteiger partial charge in [0.25, 0.3) is 10.1 Å². The Morgan fingerprint density at radius 2 is 1.46 bits per heavy atom. The molecular formula is C32H47N3O4S2. The quantitative estimate of drug-likeness (QED) is 0.0644. The van der Waals surface area contributed by atoms with Crippen LogP contribution in [-0.4, -0.2) is 29.9 Å². The van der Waals surface area contributed by atoms with Crippen LogP contribution in [0, 0.1) is 0 Å². The molecule has 1 aromatic heterocycles. The van der Waals surface area contributed by atoms with Gasteiger partial charge in [-0.15, -0.1) is 5.10 Å². The summed E-state index contributed by atoms with van der Waals surface area (Å²) in [6.45, 7) is 4.43. The highest BCUT2D eigenvalue weighted by Gasteiger charge is 2.18. The van der Waals surface area contributed by atoms with Crippen molar-refractivity contribution >= 4 is 37.4 Å². The van der Waals surface area contributed by atoms with Crippen LogP contribution in [0.2, 0.25) is 0 Å². The number of aryl methyl sites for hydroxylation is 1. The smallest absolute Gasteiger partial charge is 0.298 e. The summed E-state index contributed by atoms with van der Waals surface area (Å²) in [5, 5.41) is 8.71. The zero-order valence-electron chi connectivity index (χ0n) is 25.0. The molecule has 3 aromatic rings. The van der Waals surface area contributed by atoms with E-state index in [1.807, 2.05) is 35.9 Å². The first-order chi connectivity index (χ1) is 19.8. The Morgan fingerprint density at radius 3 is 2.05 bits per heavy atom. The second-order valence-corrected chi connectivity index (χ2v) is 13.2. The lowest BCUT2D eigenvalue weighted by atomic mass is 10.0. The number of para-hydroxylation sites is 1. The van der Waals surface area contributed by atoms with Crippen LogP contribution >= 0.6 is 11.3 Å². The lowest BCUT2D eigenvalue weighted by molar-refractivity contribution is 0.295. The third-order valence-corrected chi connectivity index (χ3v) is 9.37. The maximum atomic E-state index is 12.1. The topological polar surface area (TPSA) is 93.3 Å². The predicted molar refractivity (Wildman–Crippen MR) is 171 cm³/mol. The summed E-state index contributed by atoms with van der Waals surface area (Å²) in [4.78, 5) is 0.482. The van der Waals surface area contributed by atoms with Crippen molar-refractivity contribution in [1.29, 1.82) is 0 Å². The molecule has 3 rings (SSSR count). The molecule has 0 fully saturated rings. The fourth-order valence-corrected chi connectivity index (χ4v) is 6.51. The molecule has 1 heterocycles. The van der Waals surface area contributed by atoms with Gasteiger partial charge in [-0.1, -0.05) is 114 Å². The fraction of sp³-hybridized carbons (Fsp3) is 0.562. The largest absolute Gasteiger partial charge is 0.492 e. The lowest BCUT2D eigenvalue weighted by Gasteiger charge is -2.11. The summed E-state index contributed by atoms with van der Waals surface area (Å²) >= 11 is 1.53. The van der Waals surface area contributed by atoms with Gasteiger partial charge in [-0.05, 0) is 49.2 Å². The van der Waals surface area contributed by atoms with Crippen molar-refractivity contribution in [2.24, 2.45) is 17.3 Å². The highest BCUT2D eigenvalue weighted by Crippen LogP contribution is 2.26. The molecule has 0 aliphatic heterocycles. The Bertz CT molecular complexity index is 1420. The molecule has 7 nitrogen and oxygen atoms in total. The van der Waals surface area contributed by atoms with Crippen molar-refractivity contribution in [3.8, 4) is 5.75 Å². The Kier molecular flexibility index (Phi) is 14.1. The van der Waals surface area contributed by atoms with Crippen LogP contribution in [0.15, 0.2) is 57.6 Å². The van der Waals surface area contributed by atoms with Crippen LogP contribution in [0.4, 0.5) is 0 Å². The van der Waals surface area contributed by atoms with Gasteiger partial charge in [-0.3, -0.25) is 4.55 Å². The molecule has 0 bridgehead atoms. The first-order valence-electron chi connectivity index (χ1n) is 15.2. The molecule has 2 aromatic carbocycles. The Labute approximate surface area is 250 Å². The van der Waals surface area contributed by atoms with Gasteiger partial charge in [-0.25, -0.2) is 0 Å². The predicted octanol–water partition coefficient (Wildman–Crippen LogP) is 8.67. The van der Waals surface area contributed by atoms with E-state index in [2.05, 4.69) is 17.1 Å². The second kappa shape index (κ2) is 17.5. The number of unbranched alkanes of at least 4 members (excludes halogenated alkanes) is 13. The Morgan fingerprint density at radius 1 is 0.878 bits per heavy atom. The zero-order chi connectivity index (χ0) is 29.5. The average Bonchev–Trinajstić information content (AvgIpc) is 3.28. The van der Waals surface area contributed by atoms with Crippen LogP contribution < -0.4 is 9.54 Å². The van der Waals surface area contributed by atoms with Crippen molar-refractivity contribution in [2.75, 3.05) is 6.61 Å². The molecule has 0 aliphatic rings. The summed E-state index contributed by atoms with van der Waals surface area (Å²) in [6.07, 6.45) is 17.8. The summed E-state index contributed by atoms with van der Waals surface area (Å²) < 4.78 is 43.0. The van der Waals surface area contributed by atoms with Crippen molar-refractivity contribution in [2.45, 2.75) is 109 Å². The van der Waals surface area contributed by atoms with Gasteiger partial charge in [0.2, 0.25) is 4.80 Å². The molecule has 226 valence electrons. The normalized spacial score (nSPS) is 12.9. The molecule has 0 unspecified atom stereocenters. The first kappa shape index (κ1) is 33.0. The van der Waals surface area contributed by atoms with E-state index in [1.165, 1.54) is 88.0 Å². The number of thiazole rings is 1. The van der Waals surface area contributed by atoms with E-state index in [4.69, 9.17) is 4.74 Å². The number of rotatable bonds is 19. The molecule has 0 saturated carbocycles. The number of aromatic nitrogens is 1. The van der Waals surface area contributed by atoms with Crippen molar-refractivity contribution < 1.29 is 17.7 Å². The number of hydrogen-bond donors (Lipinski definition) is 1. The van der Waals surface area contributed by atoms with Gasteiger partial charge in [-0.2, -0.15) is 13.5 Å². The maximum Gasteiger partial charge on any atom is 0.298 e. The minimum Gasteiger partial charge on any atom is -0.492 e. The van der Waals surface area contributed by atoms with E-state index in [-0.39, 0.29) is 10.6 Å². The highest BCUT2D eigenvalue weighted by molar-refractivity contribution is 7.86. The van der Waals surface area contributed by atoms with Gasteiger partial charge < -0.3 is 9.30 Å². The van der Waals surface area contributed by atoms with Crippen molar-refractivity contribution in [3.63, 3.8) is 0 Å². The molecular weight excluding hydrogens is 555 g/mol. The molecule has 0 atom stereocenters. The zero-order valence-corrected chi connectivity index (χ0v) is 26.6. The van der Waals surface area contributed by atoms with E-state index >= 15 is 0 Å². The molecule has 0 radical (unpaired) electrons. The van der Waals surface area contributed by atoms with Gasteiger partial charge in [0.1, 0.15) is 10.6 Å². The molecule has 41 heavy (non-hydrogen) atoms. The third-order valence-electron chi connectivity index (χ3n) is 7.40. The number of nitrogens with zero attached hydrogens (tertiary/aromatic N) is 3. The maximum absolute atomic E-state index is 12.1. The van der Waals surface area contributed by atoms with Crippen LogP contribution in [0.5, 0.6) is 5.75 Å². The SMILES string of the molecule is CCCCCCCCCCCCCCCCOc1ccc(/C(C)=N/N=c2/sc3ccccc3n2C)cc1S(=O)(=O)O. The number of ether oxygens (including phenoxy) is 1. The second-order valence-electron chi connectivity index (χ2n) is 10.8. The highest BCUT2D eigenvalue weighted by atomic mass is 32.2. The molecule has 0 amide bonds.